The van der Waals surface area contributed by atoms with Crippen molar-refractivity contribution < 1.29 is 4.79 Å². The third-order valence-corrected chi connectivity index (χ3v) is 3.79. The van der Waals surface area contributed by atoms with Gasteiger partial charge in [-0.2, -0.15) is 0 Å². The molecule has 1 aliphatic carbocycles. The number of aromatic amines is 1. The summed E-state index contributed by atoms with van der Waals surface area (Å²) in [6.45, 7) is 0. The third kappa shape index (κ3) is 2.03. The van der Waals surface area contributed by atoms with Crippen molar-refractivity contribution in [2.75, 3.05) is 5.32 Å². The fourth-order valence-corrected chi connectivity index (χ4v) is 2.75. The number of ketones is 1. The lowest BCUT2D eigenvalue weighted by atomic mass is 10.1. The minimum atomic E-state index is 0.143. The van der Waals surface area contributed by atoms with Gasteiger partial charge in [0.15, 0.2) is 5.78 Å². The number of H-pyrrole nitrogens is 1. The number of para-hydroxylation sites is 2. The molecular formula is C18H14N2O. The Morgan fingerprint density at radius 2 is 1.81 bits per heavy atom. The average Bonchev–Trinajstić information content (AvgIpc) is 2.89. The van der Waals surface area contributed by atoms with E-state index >= 15 is 0 Å². The van der Waals surface area contributed by atoms with E-state index in [9.17, 15) is 4.79 Å². The van der Waals surface area contributed by atoms with E-state index in [0.717, 1.165) is 22.4 Å². The van der Waals surface area contributed by atoms with E-state index in [-0.39, 0.29) is 5.78 Å². The highest BCUT2D eigenvalue weighted by atomic mass is 16.1. The van der Waals surface area contributed by atoms with Crippen LogP contribution in [-0.2, 0) is 4.79 Å². The molecule has 0 atom stereocenters. The first-order valence-electron chi connectivity index (χ1n) is 6.99. The van der Waals surface area contributed by atoms with Crippen LogP contribution in [-0.4, -0.2) is 10.8 Å². The SMILES string of the molecule is O=C1C=CC(Nc2cccc3c2[nH]c2ccccc23)=CC1. The summed E-state index contributed by atoms with van der Waals surface area (Å²) in [4.78, 5) is 14.7. The smallest absolute Gasteiger partial charge is 0.159 e. The molecule has 0 radical (unpaired) electrons. The summed E-state index contributed by atoms with van der Waals surface area (Å²) < 4.78 is 0. The van der Waals surface area contributed by atoms with Crippen LogP contribution in [0.4, 0.5) is 5.69 Å². The van der Waals surface area contributed by atoms with Crippen molar-refractivity contribution in [2.45, 2.75) is 6.42 Å². The largest absolute Gasteiger partial charge is 0.354 e. The number of fused-ring (bicyclic) bond motifs is 3. The van der Waals surface area contributed by atoms with Crippen molar-refractivity contribution >= 4 is 33.3 Å². The molecule has 0 bridgehead atoms. The molecule has 3 nitrogen and oxygen atoms in total. The highest BCUT2D eigenvalue weighted by molar-refractivity contribution is 6.11. The number of benzene rings is 2. The summed E-state index contributed by atoms with van der Waals surface area (Å²) in [6.07, 6.45) is 5.83. The quantitative estimate of drug-likeness (QED) is 0.737. The second kappa shape index (κ2) is 4.63. The number of anilines is 1. The molecular weight excluding hydrogens is 260 g/mol. The molecule has 4 rings (SSSR count). The highest BCUT2D eigenvalue weighted by Gasteiger charge is 2.09. The summed E-state index contributed by atoms with van der Waals surface area (Å²) in [5.41, 5.74) is 4.20. The molecule has 102 valence electrons. The van der Waals surface area contributed by atoms with E-state index in [2.05, 4.69) is 28.5 Å². The molecule has 1 aromatic heterocycles. The number of hydrogen-bond donors (Lipinski definition) is 2. The summed E-state index contributed by atoms with van der Waals surface area (Å²) in [6, 6.07) is 14.5. The van der Waals surface area contributed by atoms with Crippen LogP contribution in [0.15, 0.2) is 66.4 Å². The molecule has 3 aromatic rings. The lowest BCUT2D eigenvalue weighted by Gasteiger charge is -2.11. The van der Waals surface area contributed by atoms with Gasteiger partial charge in [-0.25, -0.2) is 0 Å². The Labute approximate surface area is 122 Å². The van der Waals surface area contributed by atoms with Gasteiger partial charge in [-0.1, -0.05) is 36.4 Å². The van der Waals surface area contributed by atoms with Crippen molar-refractivity contribution in [1.29, 1.82) is 0 Å². The van der Waals surface area contributed by atoms with Crippen molar-refractivity contribution in [1.82, 2.24) is 4.98 Å². The van der Waals surface area contributed by atoms with Crippen LogP contribution in [0.1, 0.15) is 6.42 Å². The zero-order valence-corrected chi connectivity index (χ0v) is 11.4. The topological polar surface area (TPSA) is 44.9 Å². The lowest BCUT2D eigenvalue weighted by molar-refractivity contribution is -0.113. The maximum Gasteiger partial charge on any atom is 0.159 e. The number of carbonyl (C=O) groups is 1. The van der Waals surface area contributed by atoms with Gasteiger partial charge in [0.05, 0.1) is 11.2 Å². The van der Waals surface area contributed by atoms with E-state index in [0.29, 0.717) is 6.42 Å². The molecule has 0 saturated carbocycles. The highest BCUT2D eigenvalue weighted by Crippen LogP contribution is 2.31. The van der Waals surface area contributed by atoms with Crippen molar-refractivity contribution in [3.8, 4) is 0 Å². The van der Waals surface area contributed by atoms with Gasteiger partial charge in [-0.15, -0.1) is 0 Å². The van der Waals surface area contributed by atoms with Crippen LogP contribution < -0.4 is 5.32 Å². The molecule has 0 fully saturated rings. The molecule has 3 heteroatoms. The van der Waals surface area contributed by atoms with Gasteiger partial charge >= 0.3 is 0 Å². The second-order valence-corrected chi connectivity index (χ2v) is 5.19. The number of aromatic nitrogens is 1. The van der Waals surface area contributed by atoms with E-state index in [4.69, 9.17) is 0 Å². The number of allylic oxidation sites excluding steroid dienone is 3. The van der Waals surface area contributed by atoms with Crippen LogP contribution in [0, 0.1) is 0 Å². The fourth-order valence-electron chi connectivity index (χ4n) is 2.75. The number of nitrogens with one attached hydrogen (secondary N) is 2. The van der Waals surface area contributed by atoms with Gasteiger partial charge in [0.1, 0.15) is 0 Å². The van der Waals surface area contributed by atoms with Crippen LogP contribution in [0.25, 0.3) is 21.8 Å². The lowest BCUT2D eigenvalue weighted by Crippen LogP contribution is -2.04. The maximum atomic E-state index is 11.2. The Balaban J connectivity index is 1.82. The van der Waals surface area contributed by atoms with Crippen LogP contribution in [0.5, 0.6) is 0 Å². The van der Waals surface area contributed by atoms with E-state index in [1.807, 2.05) is 36.4 Å². The molecule has 0 spiro atoms. The Kier molecular flexibility index (Phi) is 2.64. The van der Waals surface area contributed by atoms with Gasteiger partial charge in [0.25, 0.3) is 0 Å². The summed E-state index contributed by atoms with van der Waals surface area (Å²) in [5, 5.41) is 5.82. The minimum absolute atomic E-state index is 0.143. The molecule has 1 heterocycles. The fraction of sp³-hybridized carbons (Fsp3) is 0.0556. The summed E-state index contributed by atoms with van der Waals surface area (Å²) >= 11 is 0. The van der Waals surface area contributed by atoms with Crippen LogP contribution in [0.3, 0.4) is 0 Å². The molecule has 0 aliphatic heterocycles. The first kappa shape index (κ1) is 12.0. The average molecular weight is 274 g/mol. The second-order valence-electron chi connectivity index (χ2n) is 5.19. The molecule has 0 amide bonds. The van der Waals surface area contributed by atoms with E-state index in [1.165, 1.54) is 10.8 Å². The van der Waals surface area contributed by atoms with Crippen LogP contribution >= 0.6 is 0 Å². The Morgan fingerprint density at radius 1 is 0.952 bits per heavy atom. The molecule has 21 heavy (non-hydrogen) atoms. The monoisotopic (exact) mass is 274 g/mol. The van der Waals surface area contributed by atoms with Gasteiger partial charge in [-0.05, 0) is 24.3 Å². The number of carbonyl (C=O) groups excluding carboxylic acids is 1. The first-order valence-corrected chi connectivity index (χ1v) is 6.99. The summed E-state index contributed by atoms with van der Waals surface area (Å²) in [5.74, 6) is 0.143. The molecule has 2 N–H and O–H groups in total. The first-order chi connectivity index (χ1) is 10.3. The molecule has 0 saturated heterocycles. The standard InChI is InChI=1S/C18H14N2O/c21-13-10-8-12(9-11-13)19-17-7-3-5-15-14-4-1-2-6-16(14)20-18(15)17/h1-10,19-20H,11H2. The van der Waals surface area contributed by atoms with Gasteiger partial charge in [-0.3, -0.25) is 4.79 Å². The predicted molar refractivity (Wildman–Crippen MR) is 86.3 cm³/mol. The number of rotatable bonds is 2. The predicted octanol–water partition coefficient (Wildman–Crippen LogP) is 4.15. The van der Waals surface area contributed by atoms with Crippen molar-refractivity contribution in [3.63, 3.8) is 0 Å². The van der Waals surface area contributed by atoms with Gasteiger partial charge in [0.2, 0.25) is 0 Å². The Morgan fingerprint density at radius 3 is 2.67 bits per heavy atom. The Hall–Kier alpha value is -2.81. The van der Waals surface area contributed by atoms with Gasteiger partial charge in [0, 0.05) is 28.4 Å². The van der Waals surface area contributed by atoms with Gasteiger partial charge < -0.3 is 10.3 Å². The molecule has 1 aliphatic rings. The van der Waals surface area contributed by atoms with E-state index < -0.39 is 0 Å². The molecule has 0 unspecified atom stereocenters. The minimum Gasteiger partial charge on any atom is -0.354 e. The zero-order chi connectivity index (χ0) is 14.2. The van der Waals surface area contributed by atoms with Crippen molar-refractivity contribution in [2.24, 2.45) is 0 Å². The van der Waals surface area contributed by atoms with Crippen molar-refractivity contribution in [3.05, 3.63) is 66.4 Å². The maximum absolute atomic E-state index is 11.2. The van der Waals surface area contributed by atoms with Crippen LogP contribution in [0.2, 0.25) is 0 Å². The summed E-state index contributed by atoms with van der Waals surface area (Å²) in [7, 11) is 0. The Bertz CT molecular complexity index is 915. The van der Waals surface area contributed by atoms with E-state index in [1.54, 1.807) is 6.08 Å². The number of hydrogen-bond acceptors (Lipinski definition) is 2. The zero-order valence-electron chi connectivity index (χ0n) is 11.4. The normalized spacial score (nSPS) is 14.7. The molecule has 2 aromatic carbocycles. The third-order valence-electron chi connectivity index (χ3n) is 3.79.